The summed E-state index contributed by atoms with van der Waals surface area (Å²) in [6.07, 6.45) is 5.06. The minimum Gasteiger partial charge on any atom is -0.348 e. The smallest absolute Gasteiger partial charge is 0.255 e. The molecule has 0 atom stereocenters. The monoisotopic (exact) mass is 387 g/mol. The summed E-state index contributed by atoms with van der Waals surface area (Å²) in [6, 6.07) is 16.5. The maximum Gasteiger partial charge on any atom is 0.255 e. The number of hydrogen-bond donors (Lipinski definition) is 2. The van der Waals surface area contributed by atoms with Crippen LogP contribution in [0.25, 0.3) is 0 Å². The molecule has 0 saturated heterocycles. The van der Waals surface area contributed by atoms with Gasteiger partial charge in [-0.05, 0) is 53.8 Å². The van der Waals surface area contributed by atoms with Gasteiger partial charge >= 0.3 is 0 Å². The van der Waals surface area contributed by atoms with Crippen molar-refractivity contribution in [1.82, 2.24) is 10.3 Å². The van der Waals surface area contributed by atoms with Crippen LogP contribution >= 0.6 is 0 Å². The van der Waals surface area contributed by atoms with E-state index in [0.717, 1.165) is 35.2 Å². The second kappa shape index (κ2) is 9.64. The van der Waals surface area contributed by atoms with Crippen molar-refractivity contribution in [1.29, 1.82) is 0 Å². The molecule has 2 N–H and O–H groups in total. The molecule has 3 rings (SSSR count). The van der Waals surface area contributed by atoms with Crippen LogP contribution in [0.2, 0.25) is 0 Å². The normalized spacial score (nSPS) is 10.4. The van der Waals surface area contributed by atoms with Crippen molar-refractivity contribution < 1.29 is 9.59 Å². The Morgan fingerprint density at radius 2 is 1.52 bits per heavy atom. The summed E-state index contributed by atoms with van der Waals surface area (Å²) < 4.78 is 0. The van der Waals surface area contributed by atoms with Crippen molar-refractivity contribution in [3.05, 3.63) is 94.8 Å². The van der Waals surface area contributed by atoms with E-state index < -0.39 is 0 Å². The molecule has 3 aromatic rings. The number of benzene rings is 2. The number of rotatable bonds is 7. The zero-order valence-corrected chi connectivity index (χ0v) is 16.7. The lowest BCUT2D eigenvalue weighted by Gasteiger charge is -2.15. The van der Waals surface area contributed by atoms with Crippen molar-refractivity contribution in [3.63, 3.8) is 0 Å². The lowest BCUT2D eigenvalue weighted by Crippen LogP contribution is -2.23. The number of amides is 2. The molecule has 0 aliphatic carbocycles. The first kappa shape index (κ1) is 20.3. The number of aryl methyl sites for hydroxylation is 2. The van der Waals surface area contributed by atoms with E-state index >= 15 is 0 Å². The number of nitrogens with one attached hydrogen (secondary N) is 2. The minimum atomic E-state index is -0.230. The highest BCUT2D eigenvalue weighted by molar-refractivity contribution is 6.06. The predicted octanol–water partition coefficient (Wildman–Crippen LogP) is 4.39. The van der Waals surface area contributed by atoms with Gasteiger partial charge in [0, 0.05) is 35.8 Å². The van der Waals surface area contributed by atoms with Gasteiger partial charge in [-0.3, -0.25) is 14.6 Å². The van der Waals surface area contributed by atoms with E-state index in [1.54, 1.807) is 36.7 Å². The summed E-state index contributed by atoms with van der Waals surface area (Å²) in [4.78, 5) is 29.4. The third-order valence-corrected chi connectivity index (χ3v) is 4.80. The Hall–Kier alpha value is -3.47. The Kier molecular flexibility index (Phi) is 6.74. The molecule has 29 heavy (non-hydrogen) atoms. The molecule has 0 bridgehead atoms. The van der Waals surface area contributed by atoms with Gasteiger partial charge in [0.1, 0.15) is 0 Å². The SMILES string of the molecule is CCc1cccc(CC)c1NC(=O)c1cccc(C(=O)NCc2cccnc2)c1. The van der Waals surface area contributed by atoms with Crippen LogP contribution in [0.4, 0.5) is 5.69 Å². The molecule has 0 saturated carbocycles. The summed E-state index contributed by atoms with van der Waals surface area (Å²) in [7, 11) is 0. The van der Waals surface area contributed by atoms with E-state index in [-0.39, 0.29) is 11.8 Å². The number of hydrogen-bond acceptors (Lipinski definition) is 3. The topological polar surface area (TPSA) is 71.1 Å². The number of nitrogens with zero attached hydrogens (tertiary/aromatic N) is 1. The van der Waals surface area contributed by atoms with Crippen molar-refractivity contribution in [2.24, 2.45) is 0 Å². The fourth-order valence-corrected chi connectivity index (χ4v) is 3.18. The molecular formula is C24H25N3O2. The van der Waals surface area contributed by atoms with Gasteiger partial charge in [-0.25, -0.2) is 0 Å². The highest BCUT2D eigenvalue weighted by Crippen LogP contribution is 2.23. The molecule has 148 valence electrons. The van der Waals surface area contributed by atoms with E-state index in [4.69, 9.17) is 0 Å². The third-order valence-electron chi connectivity index (χ3n) is 4.80. The van der Waals surface area contributed by atoms with Gasteiger partial charge in [0.25, 0.3) is 11.8 Å². The van der Waals surface area contributed by atoms with Gasteiger partial charge in [0.05, 0.1) is 0 Å². The molecule has 0 radical (unpaired) electrons. The molecule has 0 aliphatic heterocycles. The Bertz CT molecular complexity index is 978. The molecule has 5 nitrogen and oxygen atoms in total. The van der Waals surface area contributed by atoms with Crippen molar-refractivity contribution in [2.45, 2.75) is 33.2 Å². The third kappa shape index (κ3) is 5.08. The highest BCUT2D eigenvalue weighted by Gasteiger charge is 2.14. The molecule has 1 aromatic heterocycles. The van der Waals surface area contributed by atoms with Crippen LogP contribution in [0.5, 0.6) is 0 Å². The van der Waals surface area contributed by atoms with E-state index in [1.165, 1.54) is 0 Å². The van der Waals surface area contributed by atoms with E-state index in [0.29, 0.717) is 17.7 Å². The van der Waals surface area contributed by atoms with Crippen LogP contribution in [0, 0.1) is 0 Å². The predicted molar refractivity (Wildman–Crippen MR) is 115 cm³/mol. The quantitative estimate of drug-likeness (QED) is 0.632. The molecule has 2 aromatic carbocycles. The molecule has 0 unspecified atom stereocenters. The Morgan fingerprint density at radius 1 is 0.862 bits per heavy atom. The lowest BCUT2D eigenvalue weighted by atomic mass is 10.0. The number of para-hydroxylation sites is 1. The number of aromatic nitrogens is 1. The zero-order valence-electron chi connectivity index (χ0n) is 16.7. The van der Waals surface area contributed by atoms with E-state index in [2.05, 4.69) is 29.5 Å². The second-order valence-corrected chi connectivity index (χ2v) is 6.74. The Balaban J connectivity index is 1.74. The first-order chi connectivity index (χ1) is 14.1. The van der Waals surface area contributed by atoms with Crippen molar-refractivity contribution >= 4 is 17.5 Å². The van der Waals surface area contributed by atoms with E-state index in [9.17, 15) is 9.59 Å². The van der Waals surface area contributed by atoms with Crippen LogP contribution in [0.3, 0.4) is 0 Å². The van der Waals surface area contributed by atoms with Crippen LogP contribution in [-0.4, -0.2) is 16.8 Å². The average molecular weight is 387 g/mol. The van der Waals surface area contributed by atoms with Crippen LogP contribution in [0.15, 0.2) is 67.0 Å². The first-order valence-corrected chi connectivity index (χ1v) is 9.81. The largest absolute Gasteiger partial charge is 0.348 e. The molecule has 5 heteroatoms. The summed E-state index contributed by atoms with van der Waals surface area (Å²) in [5, 5.41) is 5.90. The van der Waals surface area contributed by atoms with Gasteiger partial charge in [-0.15, -0.1) is 0 Å². The Labute approximate surface area is 171 Å². The molecule has 0 fully saturated rings. The second-order valence-electron chi connectivity index (χ2n) is 6.74. The fraction of sp³-hybridized carbons (Fsp3) is 0.208. The first-order valence-electron chi connectivity index (χ1n) is 9.81. The zero-order chi connectivity index (χ0) is 20.6. The molecule has 0 aliphatic rings. The lowest BCUT2D eigenvalue weighted by molar-refractivity contribution is 0.0951. The van der Waals surface area contributed by atoms with Gasteiger partial charge in [0.15, 0.2) is 0 Å². The van der Waals surface area contributed by atoms with Crippen LogP contribution < -0.4 is 10.6 Å². The maximum atomic E-state index is 12.9. The Morgan fingerprint density at radius 3 is 2.14 bits per heavy atom. The standard InChI is InChI=1S/C24H25N3O2/c1-3-18-9-5-10-19(4-2)22(18)27-24(29)21-12-6-11-20(14-21)23(28)26-16-17-8-7-13-25-15-17/h5-15H,3-4,16H2,1-2H3,(H,26,28)(H,27,29). The summed E-state index contributed by atoms with van der Waals surface area (Å²) in [6.45, 7) is 4.52. The maximum absolute atomic E-state index is 12.9. The summed E-state index contributed by atoms with van der Waals surface area (Å²) >= 11 is 0. The van der Waals surface area contributed by atoms with Crippen LogP contribution in [0.1, 0.15) is 51.3 Å². The average Bonchev–Trinajstić information content (AvgIpc) is 2.78. The number of pyridine rings is 1. The molecule has 0 spiro atoms. The van der Waals surface area contributed by atoms with E-state index in [1.807, 2.05) is 30.3 Å². The van der Waals surface area contributed by atoms with Gasteiger partial charge in [-0.2, -0.15) is 0 Å². The van der Waals surface area contributed by atoms with Crippen molar-refractivity contribution in [3.8, 4) is 0 Å². The fourth-order valence-electron chi connectivity index (χ4n) is 3.18. The molecular weight excluding hydrogens is 362 g/mol. The van der Waals surface area contributed by atoms with Gasteiger partial charge in [0.2, 0.25) is 0 Å². The molecule has 1 heterocycles. The van der Waals surface area contributed by atoms with Crippen molar-refractivity contribution in [2.75, 3.05) is 5.32 Å². The van der Waals surface area contributed by atoms with Crippen LogP contribution in [-0.2, 0) is 19.4 Å². The van der Waals surface area contributed by atoms with Gasteiger partial charge in [-0.1, -0.05) is 44.2 Å². The number of anilines is 1. The minimum absolute atomic E-state index is 0.220. The molecule has 2 amide bonds. The summed E-state index contributed by atoms with van der Waals surface area (Å²) in [5.74, 6) is -0.450. The highest BCUT2D eigenvalue weighted by atomic mass is 16.2. The number of carbonyl (C=O) groups excluding carboxylic acids is 2. The summed E-state index contributed by atoms with van der Waals surface area (Å²) in [5.41, 5.74) is 4.88. The number of carbonyl (C=O) groups is 2. The van der Waals surface area contributed by atoms with Gasteiger partial charge < -0.3 is 10.6 Å².